The SMILES string of the molecule is CC(CN1CCCC1)NC(=O)NCCC(=O)O. The number of carbonyl (C=O) groups is 2. The predicted molar refractivity (Wildman–Crippen MR) is 63.9 cm³/mol. The summed E-state index contributed by atoms with van der Waals surface area (Å²) in [4.78, 5) is 24.0. The van der Waals surface area contributed by atoms with Gasteiger partial charge < -0.3 is 20.6 Å². The number of urea groups is 1. The molecule has 0 spiro atoms. The van der Waals surface area contributed by atoms with Crippen LogP contribution in [0.4, 0.5) is 4.79 Å². The van der Waals surface area contributed by atoms with Crippen molar-refractivity contribution in [2.24, 2.45) is 0 Å². The number of hydrogen-bond donors (Lipinski definition) is 3. The highest BCUT2D eigenvalue weighted by atomic mass is 16.4. The zero-order valence-electron chi connectivity index (χ0n) is 10.2. The molecule has 6 heteroatoms. The number of hydrogen-bond acceptors (Lipinski definition) is 3. The summed E-state index contributed by atoms with van der Waals surface area (Å²) in [5.41, 5.74) is 0. The molecule has 1 aliphatic heterocycles. The van der Waals surface area contributed by atoms with Crippen molar-refractivity contribution in [2.45, 2.75) is 32.2 Å². The standard InChI is InChI=1S/C11H21N3O3/c1-9(8-14-6-2-3-7-14)13-11(17)12-5-4-10(15)16/h9H,2-8H2,1H3,(H,15,16)(H2,12,13,17). The number of carbonyl (C=O) groups excluding carboxylic acids is 1. The topological polar surface area (TPSA) is 81.7 Å². The summed E-state index contributed by atoms with van der Waals surface area (Å²) >= 11 is 0. The van der Waals surface area contributed by atoms with E-state index in [1.807, 2.05) is 6.92 Å². The Morgan fingerprint density at radius 1 is 1.35 bits per heavy atom. The maximum atomic E-state index is 11.4. The van der Waals surface area contributed by atoms with Crippen LogP contribution in [0.2, 0.25) is 0 Å². The molecular weight excluding hydrogens is 222 g/mol. The Kier molecular flexibility index (Phi) is 5.76. The molecule has 0 aromatic carbocycles. The van der Waals surface area contributed by atoms with E-state index < -0.39 is 5.97 Å². The highest BCUT2D eigenvalue weighted by Gasteiger charge is 2.15. The molecule has 0 bridgehead atoms. The first-order valence-electron chi connectivity index (χ1n) is 6.06. The lowest BCUT2D eigenvalue weighted by atomic mass is 10.3. The summed E-state index contributed by atoms with van der Waals surface area (Å²) in [6.45, 7) is 5.18. The van der Waals surface area contributed by atoms with Crippen molar-refractivity contribution in [1.82, 2.24) is 15.5 Å². The van der Waals surface area contributed by atoms with Gasteiger partial charge in [0.1, 0.15) is 0 Å². The Labute approximate surface area is 101 Å². The third-order valence-electron chi connectivity index (χ3n) is 2.73. The van der Waals surface area contributed by atoms with E-state index in [9.17, 15) is 9.59 Å². The maximum Gasteiger partial charge on any atom is 0.315 e. The van der Waals surface area contributed by atoms with Gasteiger partial charge in [0.25, 0.3) is 0 Å². The van der Waals surface area contributed by atoms with Crippen molar-refractivity contribution in [3.05, 3.63) is 0 Å². The van der Waals surface area contributed by atoms with Gasteiger partial charge in [-0.15, -0.1) is 0 Å². The number of amides is 2. The predicted octanol–water partition coefficient (Wildman–Crippen LogP) is 0.245. The second kappa shape index (κ2) is 7.11. The molecule has 3 N–H and O–H groups in total. The first-order valence-corrected chi connectivity index (χ1v) is 6.06. The van der Waals surface area contributed by atoms with Gasteiger partial charge in [0, 0.05) is 19.1 Å². The number of carboxylic acids is 1. The van der Waals surface area contributed by atoms with Gasteiger partial charge in [-0.2, -0.15) is 0 Å². The average Bonchev–Trinajstić information content (AvgIpc) is 2.69. The Balaban J connectivity index is 2.09. The first kappa shape index (κ1) is 13.8. The molecule has 2 amide bonds. The smallest absolute Gasteiger partial charge is 0.315 e. The lowest BCUT2D eigenvalue weighted by Gasteiger charge is -2.21. The van der Waals surface area contributed by atoms with Crippen LogP contribution in [0, 0.1) is 0 Å². The third kappa shape index (κ3) is 6.11. The van der Waals surface area contributed by atoms with Crippen LogP contribution in [0.15, 0.2) is 0 Å². The van der Waals surface area contributed by atoms with E-state index in [0.29, 0.717) is 0 Å². The lowest BCUT2D eigenvalue weighted by Crippen LogP contribution is -2.46. The second-order valence-electron chi connectivity index (χ2n) is 4.45. The van der Waals surface area contributed by atoms with E-state index in [1.54, 1.807) is 0 Å². The average molecular weight is 243 g/mol. The summed E-state index contributed by atoms with van der Waals surface area (Å²) < 4.78 is 0. The van der Waals surface area contributed by atoms with Crippen LogP contribution < -0.4 is 10.6 Å². The van der Waals surface area contributed by atoms with Crippen LogP contribution in [-0.4, -0.2) is 54.2 Å². The Morgan fingerprint density at radius 2 is 2.00 bits per heavy atom. The van der Waals surface area contributed by atoms with Crippen molar-refractivity contribution in [3.8, 4) is 0 Å². The Morgan fingerprint density at radius 3 is 2.59 bits per heavy atom. The molecule has 1 heterocycles. The summed E-state index contributed by atoms with van der Waals surface area (Å²) in [6, 6.07) is -0.212. The maximum absolute atomic E-state index is 11.4. The fourth-order valence-corrected chi connectivity index (χ4v) is 1.96. The number of aliphatic carboxylic acids is 1. The monoisotopic (exact) mass is 243 g/mol. The molecule has 1 atom stereocenters. The van der Waals surface area contributed by atoms with E-state index in [-0.39, 0.29) is 25.0 Å². The molecule has 0 aliphatic carbocycles. The van der Waals surface area contributed by atoms with Crippen LogP contribution in [-0.2, 0) is 4.79 Å². The van der Waals surface area contributed by atoms with Gasteiger partial charge >= 0.3 is 12.0 Å². The Bertz CT molecular complexity index is 265. The minimum Gasteiger partial charge on any atom is -0.481 e. The Hall–Kier alpha value is -1.30. The normalized spacial score (nSPS) is 17.7. The first-order chi connectivity index (χ1) is 8.08. The second-order valence-corrected chi connectivity index (χ2v) is 4.45. The fourth-order valence-electron chi connectivity index (χ4n) is 1.96. The number of rotatable bonds is 6. The van der Waals surface area contributed by atoms with E-state index in [2.05, 4.69) is 15.5 Å². The number of likely N-dealkylation sites (tertiary alicyclic amines) is 1. The van der Waals surface area contributed by atoms with Gasteiger partial charge in [-0.25, -0.2) is 4.79 Å². The highest BCUT2D eigenvalue weighted by Crippen LogP contribution is 2.07. The molecule has 0 saturated carbocycles. The molecule has 98 valence electrons. The van der Waals surface area contributed by atoms with Crippen molar-refractivity contribution in [2.75, 3.05) is 26.2 Å². The molecule has 17 heavy (non-hydrogen) atoms. The van der Waals surface area contributed by atoms with Crippen LogP contribution >= 0.6 is 0 Å². The molecular formula is C11H21N3O3. The summed E-state index contributed by atoms with van der Waals surface area (Å²) in [5, 5.41) is 13.7. The van der Waals surface area contributed by atoms with E-state index >= 15 is 0 Å². The molecule has 0 aromatic rings. The van der Waals surface area contributed by atoms with Crippen LogP contribution in [0.25, 0.3) is 0 Å². The largest absolute Gasteiger partial charge is 0.481 e. The van der Waals surface area contributed by atoms with Gasteiger partial charge in [0.2, 0.25) is 0 Å². The molecule has 1 unspecified atom stereocenters. The minimum absolute atomic E-state index is 0.0477. The quantitative estimate of drug-likeness (QED) is 0.624. The van der Waals surface area contributed by atoms with Gasteiger partial charge in [-0.05, 0) is 32.9 Å². The minimum atomic E-state index is -0.907. The van der Waals surface area contributed by atoms with Gasteiger partial charge in [0.15, 0.2) is 0 Å². The number of nitrogens with one attached hydrogen (secondary N) is 2. The van der Waals surface area contributed by atoms with E-state index in [1.165, 1.54) is 12.8 Å². The molecule has 1 rings (SSSR count). The van der Waals surface area contributed by atoms with Crippen molar-refractivity contribution >= 4 is 12.0 Å². The fraction of sp³-hybridized carbons (Fsp3) is 0.818. The number of nitrogens with zero attached hydrogens (tertiary/aromatic N) is 1. The highest BCUT2D eigenvalue weighted by molar-refractivity contribution is 5.75. The van der Waals surface area contributed by atoms with Gasteiger partial charge in [0.05, 0.1) is 6.42 Å². The molecule has 0 aromatic heterocycles. The van der Waals surface area contributed by atoms with Gasteiger partial charge in [-0.1, -0.05) is 0 Å². The zero-order chi connectivity index (χ0) is 12.7. The third-order valence-corrected chi connectivity index (χ3v) is 2.73. The molecule has 1 aliphatic rings. The zero-order valence-corrected chi connectivity index (χ0v) is 10.2. The molecule has 0 radical (unpaired) electrons. The van der Waals surface area contributed by atoms with Crippen LogP contribution in [0.5, 0.6) is 0 Å². The summed E-state index contributed by atoms with van der Waals surface area (Å²) in [7, 11) is 0. The van der Waals surface area contributed by atoms with Crippen LogP contribution in [0.1, 0.15) is 26.2 Å². The van der Waals surface area contributed by atoms with Crippen molar-refractivity contribution in [1.29, 1.82) is 0 Å². The van der Waals surface area contributed by atoms with Gasteiger partial charge in [-0.3, -0.25) is 4.79 Å². The summed E-state index contributed by atoms with van der Waals surface area (Å²) in [6.07, 6.45) is 2.42. The van der Waals surface area contributed by atoms with E-state index in [4.69, 9.17) is 5.11 Å². The summed E-state index contributed by atoms with van der Waals surface area (Å²) in [5.74, 6) is -0.907. The molecule has 1 fully saturated rings. The molecule has 6 nitrogen and oxygen atoms in total. The number of carboxylic acid groups (broad SMARTS) is 1. The molecule has 1 saturated heterocycles. The van der Waals surface area contributed by atoms with Crippen molar-refractivity contribution in [3.63, 3.8) is 0 Å². The van der Waals surface area contributed by atoms with Crippen molar-refractivity contribution < 1.29 is 14.7 Å². The van der Waals surface area contributed by atoms with E-state index in [0.717, 1.165) is 19.6 Å². The lowest BCUT2D eigenvalue weighted by molar-refractivity contribution is -0.136. The van der Waals surface area contributed by atoms with Crippen LogP contribution in [0.3, 0.4) is 0 Å².